The van der Waals surface area contributed by atoms with Crippen LogP contribution in [0.3, 0.4) is 0 Å². The van der Waals surface area contributed by atoms with Crippen molar-refractivity contribution in [3.05, 3.63) is 64.0 Å². The molecule has 0 fully saturated rings. The van der Waals surface area contributed by atoms with E-state index >= 15 is 0 Å². The van der Waals surface area contributed by atoms with Gasteiger partial charge in [-0.05, 0) is 24.3 Å². The molecule has 0 unspecified atom stereocenters. The highest BCUT2D eigenvalue weighted by Gasteiger charge is 2.23. The molecule has 0 aliphatic heterocycles. The number of carboxylic acid groups (broad SMARTS) is 1. The van der Waals surface area contributed by atoms with Crippen molar-refractivity contribution in [2.75, 3.05) is 0 Å². The molecule has 0 spiro atoms. The van der Waals surface area contributed by atoms with E-state index in [1.165, 1.54) is 36.4 Å². The Bertz CT molecular complexity index is 686. The maximum atomic E-state index is 13.4. The average Bonchev–Trinajstić information content (AvgIpc) is 2.38. The molecule has 0 aliphatic rings. The lowest BCUT2D eigenvalue weighted by molar-refractivity contribution is -0.388. The van der Waals surface area contributed by atoms with Gasteiger partial charge in [-0.3, -0.25) is 10.1 Å². The summed E-state index contributed by atoms with van der Waals surface area (Å²) in [6.07, 6.45) is 0. The zero-order valence-corrected chi connectivity index (χ0v) is 9.95. The minimum atomic E-state index is -1.25. The van der Waals surface area contributed by atoms with Crippen molar-refractivity contribution < 1.29 is 24.0 Å². The first kappa shape index (κ1) is 13.5. The SMILES string of the molecule is O=C(O)c1ccccc1Oc1cccc(F)c1[N+](=O)[O-]. The summed E-state index contributed by atoms with van der Waals surface area (Å²) in [7, 11) is 0. The predicted octanol–water partition coefficient (Wildman–Crippen LogP) is 3.22. The molecule has 0 saturated carbocycles. The summed E-state index contributed by atoms with van der Waals surface area (Å²) in [6, 6.07) is 8.96. The Hall–Kier alpha value is -2.96. The van der Waals surface area contributed by atoms with Crippen LogP contribution >= 0.6 is 0 Å². The van der Waals surface area contributed by atoms with Crippen molar-refractivity contribution in [2.45, 2.75) is 0 Å². The third-order valence-electron chi connectivity index (χ3n) is 2.47. The van der Waals surface area contributed by atoms with Crippen LogP contribution in [0.4, 0.5) is 10.1 Å². The van der Waals surface area contributed by atoms with Crippen LogP contribution in [0.1, 0.15) is 10.4 Å². The number of hydrogen-bond acceptors (Lipinski definition) is 4. The fourth-order valence-corrected chi connectivity index (χ4v) is 1.61. The minimum absolute atomic E-state index is 0.103. The van der Waals surface area contributed by atoms with Crippen molar-refractivity contribution in [3.8, 4) is 11.5 Å². The van der Waals surface area contributed by atoms with E-state index in [-0.39, 0.29) is 17.1 Å². The molecule has 0 heterocycles. The van der Waals surface area contributed by atoms with Crippen LogP contribution in [-0.2, 0) is 0 Å². The standard InChI is InChI=1S/C13H8FNO5/c14-9-5-3-7-11(12(9)15(18)19)20-10-6-2-1-4-8(10)13(16)17/h1-7H,(H,16,17). The minimum Gasteiger partial charge on any atom is -0.478 e. The van der Waals surface area contributed by atoms with E-state index in [9.17, 15) is 19.3 Å². The molecule has 102 valence electrons. The molecule has 20 heavy (non-hydrogen) atoms. The first-order chi connectivity index (χ1) is 9.50. The lowest BCUT2D eigenvalue weighted by Gasteiger charge is -2.08. The van der Waals surface area contributed by atoms with Crippen molar-refractivity contribution in [2.24, 2.45) is 0 Å². The number of aromatic carboxylic acids is 1. The molecular formula is C13H8FNO5. The molecule has 1 N–H and O–H groups in total. The van der Waals surface area contributed by atoms with Gasteiger partial charge in [-0.2, -0.15) is 4.39 Å². The molecule has 2 aromatic carbocycles. The van der Waals surface area contributed by atoms with Gasteiger partial charge in [0.15, 0.2) is 0 Å². The van der Waals surface area contributed by atoms with Crippen LogP contribution in [0.5, 0.6) is 11.5 Å². The van der Waals surface area contributed by atoms with Gasteiger partial charge in [0, 0.05) is 0 Å². The van der Waals surface area contributed by atoms with Crippen LogP contribution in [0.2, 0.25) is 0 Å². The molecule has 0 amide bonds. The zero-order chi connectivity index (χ0) is 14.7. The number of rotatable bonds is 4. The number of nitro groups is 1. The van der Waals surface area contributed by atoms with E-state index in [0.717, 1.165) is 6.07 Å². The summed E-state index contributed by atoms with van der Waals surface area (Å²) in [5.41, 5.74) is -1.02. The monoisotopic (exact) mass is 277 g/mol. The van der Waals surface area contributed by atoms with Crippen LogP contribution < -0.4 is 4.74 Å². The topological polar surface area (TPSA) is 89.7 Å². The second kappa shape index (κ2) is 5.35. The first-order valence-corrected chi connectivity index (χ1v) is 5.44. The summed E-state index contributed by atoms with van der Waals surface area (Å²) < 4.78 is 18.6. The number of carboxylic acids is 1. The van der Waals surface area contributed by atoms with Gasteiger partial charge in [-0.15, -0.1) is 0 Å². The molecule has 2 aromatic rings. The summed E-state index contributed by atoms with van der Waals surface area (Å²) in [4.78, 5) is 20.9. The summed E-state index contributed by atoms with van der Waals surface area (Å²) in [5.74, 6) is -2.77. The van der Waals surface area contributed by atoms with Crippen molar-refractivity contribution in [1.82, 2.24) is 0 Å². The normalized spacial score (nSPS) is 10.1. The van der Waals surface area contributed by atoms with Gasteiger partial charge >= 0.3 is 11.7 Å². The predicted molar refractivity (Wildman–Crippen MR) is 66.5 cm³/mol. The third kappa shape index (κ3) is 2.56. The van der Waals surface area contributed by atoms with Gasteiger partial charge in [-0.1, -0.05) is 18.2 Å². The molecule has 0 radical (unpaired) electrons. The van der Waals surface area contributed by atoms with Gasteiger partial charge in [-0.25, -0.2) is 4.79 Å². The number of ether oxygens (including phenoxy) is 1. The smallest absolute Gasteiger partial charge is 0.346 e. The zero-order valence-electron chi connectivity index (χ0n) is 9.95. The first-order valence-electron chi connectivity index (χ1n) is 5.44. The highest BCUT2D eigenvalue weighted by atomic mass is 19.1. The molecule has 0 atom stereocenters. The number of nitro benzene ring substituents is 1. The number of carbonyl (C=O) groups is 1. The summed E-state index contributed by atoms with van der Waals surface area (Å²) in [6.45, 7) is 0. The van der Waals surface area contributed by atoms with Crippen LogP contribution in [0.25, 0.3) is 0 Å². The van der Waals surface area contributed by atoms with Crippen LogP contribution in [0.15, 0.2) is 42.5 Å². The van der Waals surface area contributed by atoms with E-state index in [0.29, 0.717) is 0 Å². The Kier molecular flexibility index (Phi) is 3.60. The van der Waals surface area contributed by atoms with Gasteiger partial charge in [0.1, 0.15) is 11.3 Å². The van der Waals surface area contributed by atoms with Crippen molar-refractivity contribution in [3.63, 3.8) is 0 Å². The second-order valence-corrected chi connectivity index (χ2v) is 3.75. The van der Waals surface area contributed by atoms with Gasteiger partial charge in [0.25, 0.3) is 0 Å². The van der Waals surface area contributed by atoms with E-state index < -0.39 is 22.4 Å². The van der Waals surface area contributed by atoms with E-state index in [4.69, 9.17) is 9.84 Å². The third-order valence-corrected chi connectivity index (χ3v) is 2.47. The molecule has 0 aliphatic carbocycles. The van der Waals surface area contributed by atoms with Gasteiger partial charge < -0.3 is 9.84 Å². The lowest BCUT2D eigenvalue weighted by Crippen LogP contribution is -2.01. The fourth-order valence-electron chi connectivity index (χ4n) is 1.61. The lowest BCUT2D eigenvalue weighted by atomic mass is 10.2. The number of halogens is 1. The highest BCUT2D eigenvalue weighted by Crippen LogP contribution is 2.34. The second-order valence-electron chi connectivity index (χ2n) is 3.75. The Morgan fingerprint density at radius 1 is 1.15 bits per heavy atom. The summed E-state index contributed by atoms with van der Waals surface area (Å²) >= 11 is 0. The summed E-state index contributed by atoms with van der Waals surface area (Å²) in [5, 5.41) is 19.8. The molecule has 0 aromatic heterocycles. The fraction of sp³-hybridized carbons (Fsp3) is 0. The van der Waals surface area contributed by atoms with E-state index in [1.807, 2.05) is 0 Å². The molecule has 0 bridgehead atoms. The van der Waals surface area contributed by atoms with Crippen LogP contribution in [0, 0.1) is 15.9 Å². The quantitative estimate of drug-likeness (QED) is 0.684. The van der Waals surface area contributed by atoms with Crippen LogP contribution in [-0.4, -0.2) is 16.0 Å². The van der Waals surface area contributed by atoms with Gasteiger partial charge in [0.05, 0.1) is 4.92 Å². The Labute approximate surface area is 112 Å². The number of para-hydroxylation sites is 2. The van der Waals surface area contributed by atoms with Crippen molar-refractivity contribution >= 4 is 11.7 Å². The molecule has 2 rings (SSSR count). The van der Waals surface area contributed by atoms with Crippen molar-refractivity contribution in [1.29, 1.82) is 0 Å². The van der Waals surface area contributed by atoms with Gasteiger partial charge in [0.2, 0.25) is 11.6 Å². The molecule has 0 saturated heterocycles. The Morgan fingerprint density at radius 3 is 2.45 bits per heavy atom. The maximum Gasteiger partial charge on any atom is 0.346 e. The molecule has 6 nitrogen and oxygen atoms in total. The average molecular weight is 277 g/mol. The van der Waals surface area contributed by atoms with E-state index in [2.05, 4.69) is 0 Å². The highest BCUT2D eigenvalue weighted by molar-refractivity contribution is 5.91. The molecular weight excluding hydrogens is 269 g/mol. The molecule has 7 heteroatoms. The largest absolute Gasteiger partial charge is 0.478 e. The number of benzene rings is 2. The number of hydrogen-bond donors (Lipinski definition) is 1. The maximum absolute atomic E-state index is 13.4. The Morgan fingerprint density at radius 2 is 1.80 bits per heavy atom. The number of nitrogens with zero attached hydrogens (tertiary/aromatic N) is 1. The van der Waals surface area contributed by atoms with E-state index in [1.54, 1.807) is 0 Å². The Balaban J connectivity index is 2.49.